The summed E-state index contributed by atoms with van der Waals surface area (Å²) in [7, 11) is 0. The molecule has 2 N–H and O–H groups in total. The standard InChI is InChI=1S/C26H30N4O4/c1-19(2)13-22(34-25(33)28-15-20-9-5-3-6-10-20)24(32)29-26(17-27)14-23(31)30(18-26)16-21-11-7-4-8-12-21/h3-12,19,22H,13-16,18H2,1-2H3,(H,28,33)(H,29,32)/t22-,26?/m0/s1. The van der Waals surface area contributed by atoms with Crippen molar-refractivity contribution in [3.8, 4) is 6.07 Å². The van der Waals surface area contributed by atoms with Crippen molar-refractivity contribution < 1.29 is 19.1 Å². The Morgan fingerprint density at radius 2 is 1.71 bits per heavy atom. The van der Waals surface area contributed by atoms with Crippen LogP contribution in [0.2, 0.25) is 0 Å². The lowest BCUT2D eigenvalue weighted by Crippen LogP contribution is -2.53. The Balaban J connectivity index is 1.63. The van der Waals surface area contributed by atoms with E-state index in [4.69, 9.17) is 4.74 Å². The number of nitriles is 1. The van der Waals surface area contributed by atoms with Crippen LogP contribution in [0, 0.1) is 17.2 Å². The third-order valence-corrected chi connectivity index (χ3v) is 5.57. The van der Waals surface area contributed by atoms with E-state index < -0.39 is 23.6 Å². The van der Waals surface area contributed by atoms with Gasteiger partial charge in [-0.1, -0.05) is 74.5 Å². The van der Waals surface area contributed by atoms with Crippen molar-refractivity contribution in [2.45, 2.75) is 51.4 Å². The minimum Gasteiger partial charge on any atom is -0.436 e. The molecule has 1 aliphatic rings. The number of ether oxygens (including phenoxy) is 1. The molecule has 1 fully saturated rings. The van der Waals surface area contributed by atoms with Crippen molar-refractivity contribution in [2.24, 2.45) is 5.92 Å². The van der Waals surface area contributed by atoms with Gasteiger partial charge in [-0.25, -0.2) is 4.79 Å². The van der Waals surface area contributed by atoms with Crippen LogP contribution in [0.5, 0.6) is 0 Å². The molecule has 0 saturated carbocycles. The Morgan fingerprint density at radius 1 is 1.09 bits per heavy atom. The molecule has 3 amide bonds. The molecule has 0 radical (unpaired) electrons. The fourth-order valence-corrected chi connectivity index (χ4v) is 3.87. The van der Waals surface area contributed by atoms with Gasteiger partial charge in [-0.2, -0.15) is 5.26 Å². The van der Waals surface area contributed by atoms with E-state index in [9.17, 15) is 19.6 Å². The van der Waals surface area contributed by atoms with Gasteiger partial charge in [-0.15, -0.1) is 0 Å². The maximum absolute atomic E-state index is 13.1. The van der Waals surface area contributed by atoms with E-state index in [1.165, 1.54) is 0 Å². The third kappa shape index (κ3) is 6.82. The predicted molar refractivity (Wildman–Crippen MR) is 126 cm³/mol. The number of hydrogen-bond donors (Lipinski definition) is 2. The molecule has 1 saturated heterocycles. The lowest BCUT2D eigenvalue weighted by molar-refractivity contribution is -0.131. The number of carbonyl (C=O) groups excluding carboxylic acids is 3. The first kappa shape index (κ1) is 24.8. The number of likely N-dealkylation sites (tertiary alicyclic amines) is 1. The molecule has 34 heavy (non-hydrogen) atoms. The molecule has 0 aliphatic carbocycles. The summed E-state index contributed by atoms with van der Waals surface area (Å²) in [6.07, 6.45) is -1.65. The Bertz CT molecular complexity index is 1040. The zero-order chi connectivity index (χ0) is 24.6. The van der Waals surface area contributed by atoms with Gasteiger partial charge in [0.1, 0.15) is 0 Å². The number of nitrogens with one attached hydrogen (secondary N) is 2. The lowest BCUT2D eigenvalue weighted by atomic mass is 9.98. The molecule has 0 spiro atoms. The van der Waals surface area contributed by atoms with E-state index in [1.807, 2.05) is 74.5 Å². The van der Waals surface area contributed by atoms with Crippen LogP contribution in [0.25, 0.3) is 0 Å². The van der Waals surface area contributed by atoms with Gasteiger partial charge in [0.25, 0.3) is 5.91 Å². The van der Waals surface area contributed by atoms with Crippen molar-refractivity contribution in [1.82, 2.24) is 15.5 Å². The van der Waals surface area contributed by atoms with Gasteiger partial charge in [0.05, 0.1) is 19.0 Å². The molecule has 1 heterocycles. The van der Waals surface area contributed by atoms with Gasteiger partial charge in [-0.3, -0.25) is 9.59 Å². The number of alkyl carbamates (subject to hydrolysis) is 1. The number of amides is 3. The summed E-state index contributed by atoms with van der Waals surface area (Å²) in [5, 5.41) is 15.2. The second-order valence-electron chi connectivity index (χ2n) is 8.96. The van der Waals surface area contributed by atoms with E-state index >= 15 is 0 Å². The minimum atomic E-state index is -1.37. The molecule has 8 heteroatoms. The van der Waals surface area contributed by atoms with Crippen molar-refractivity contribution in [1.29, 1.82) is 5.26 Å². The first-order valence-electron chi connectivity index (χ1n) is 11.3. The van der Waals surface area contributed by atoms with Gasteiger partial charge in [0, 0.05) is 13.1 Å². The molecular formula is C26H30N4O4. The topological polar surface area (TPSA) is 112 Å². The summed E-state index contributed by atoms with van der Waals surface area (Å²) in [6, 6.07) is 20.9. The average Bonchev–Trinajstić information content (AvgIpc) is 3.13. The van der Waals surface area contributed by atoms with Crippen molar-refractivity contribution in [2.75, 3.05) is 6.54 Å². The van der Waals surface area contributed by atoms with Gasteiger partial charge in [0.15, 0.2) is 11.6 Å². The average molecular weight is 463 g/mol. The largest absolute Gasteiger partial charge is 0.436 e. The summed E-state index contributed by atoms with van der Waals surface area (Å²) in [6.45, 7) is 4.50. The van der Waals surface area contributed by atoms with Crippen LogP contribution in [0.3, 0.4) is 0 Å². The van der Waals surface area contributed by atoms with Crippen LogP contribution in [0.4, 0.5) is 4.79 Å². The molecule has 8 nitrogen and oxygen atoms in total. The highest BCUT2D eigenvalue weighted by Crippen LogP contribution is 2.25. The highest BCUT2D eigenvalue weighted by Gasteiger charge is 2.46. The molecule has 2 atom stereocenters. The lowest BCUT2D eigenvalue weighted by Gasteiger charge is -2.26. The zero-order valence-corrected chi connectivity index (χ0v) is 19.5. The molecule has 0 bridgehead atoms. The van der Waals surface area contributed by atoms with Crippen LogP contribution in [0.1, 0.15) is 37.8 Å². The van der Waals surface area contributed by atoms with Crippen molar-refractivity contribution in [3.63, 3.8) is 0 Å². The normalized spacial score (nSPS) is 18.3. The Hall–Kier alpha value is -3.86. The van der Waals surface area contributed by atoms with Crippen LogP contribution in [-0.2, 0) is 27.4 Å². The molecule has 1 aliphatic heterocycles. The summed E-state index contributed by atoms with van der Waals surface area (Å²) in [4.78, 5) is 39.6. The number of carbonyl (C=O) groups is 3. The molecule has 3 rings (SSSR count). The zero-order valence-electron chi connectivity index (χ0n) is 19.5. The summed E-state index contributed by atoms with van der Waals surface area (Å²) >= 11 is 0. The summed E-state index contributed by atoms with van der Waals surface area (Å²) < 4.78 is 5.42. The second-order valence-corrected chi connectivity index (χ2v) is 8.96. The van der Waals surface area contributed by atoms with Gasteiger partial charge >= 0.3 is 6.09 Å². The van der Waals surface area contributed by atoms with Crippen LogP contribution >= 0.6 is 0 Å². The van der Waals surface area contributed by atoms with E-state index in [2.05, 4.69) is 16.7 Å². The Morgan fingerprint density at radius 3 is 2.29 bits per heavy atom. The summed E-state index contributed by atoms with van der Waals surface area (Å²) in [5.74, 6) is -0.734. The number of rotatable bonds is 9. The van der Waals surface area contributed by atoms with E-state index in [1.54, 1.807) is 4.90 Å². The molecule has 2 aromatic carbocycles. The van der Waals surface area contributed by atoms with Gasteiger partial charge in [0.2, 0.25) is 5.91 Å². The van der Waals surface area contributed by atoms with Crippen LogP contribution < -0.4 is 10.6 Å². The van der Waals surface area contributed by atoms with Crippen LogP contribution in [-0.4, -0.2) is 41.0 Å². The fourth-order valence-electron chi connectivity index (χ4n) is 3.87. The SMILES string of the molecule is CC(C)C[C@H](OC(=O)NCc1ccccc1)C(=O)NC1(C#N)CC(=O)N(Cc2ccccc2)C1. The monoisotopic (exact) mass is 462 g/mol. The Kier molecular flexibility index (Phi) is 8.25. The van der Waals surface area contributed by atoms with Gasteiger partial charge < -0.3 is 20.3 Å². The van der Waals surface area contributed by atoms with E-state index in [0.29, 0.717) is 6.54 Å². The first-order chi connectivity index (χ1) is 16.3. The highest BCUT2D eigenvalue weighted by molar-refractivity contribution is 5.87. The number of hydrogen-bond acceptors (Lipinski definition) is 5. The maximum Gasteiger partial charge on any atom is 0.408 e. The Labute approximate surface area is 199 Å². The molecule has 1 unspecified atom stereocenters. The summed E-state index contributed by atoms with van der Waals surface area (Å²) in [5.41, 5.74) is 0.463. The predicted octanol–water partition coefficient (Wildman–Crippen LogP) is 3.14. The number of benzene rings is 2. The minimum absolute atomic E-state index is 0.0653. The number of nitrogens with zero attached hydrogens (tertiary/aromatic N) is 2. The van der Waals surface area contributed by atoms with E-state index in [-0.39, 0.29) is 37.8 Å². The molecule has 0 aromatic heterocycles. The first-order valence-corrected chi connectivity index (χ1v) is 11.3. The molecule has 2 aromatic rings. The smallest absolute Gasteiger partial charge is 0.408 e. The molecular weight excluding hydrogens is 432 g/mol. The second kappa shape index (κ2) is 11.3. The van der Waals surface area contributed by atoms with Gasteiger partial charge in [-0.05, 0) is 23.5 Å². The van der Waals surface area contributed by atoms with Crippen molar-refractivity contribution in [3.05, 3.63) is 71.8 Å². The molecule has 178 valence electrons. The maximum atomic E-state index is 13.1. The quantitative estimate of drug-likeness (QED) is 0.595. The van der Waals surface area contributed by atoms with E-state index in [0.717, 1.165) is 11.1 Å². The third-order valence-electron chi connectivity index (χ3n) is 5.57. The highest BCUT2D eigenvalue weighted by atomic mass is 16.6. The fraction of sp³-hybridized carbons (Fsp3) is 0.385. The van der Waals surface area contributed by atoms with Crippen LogP contribution in [0.15, 0.2) is 60.7 Å². The van der Waals surface area contributed by atoms with Crippen molar-refractivity contribution >= 4 is 17.9 Å².